The molecule has 2 N–H and O–H groups in total. The molecule has 0 aliphatic heterocycles. The second kappa shape index (κ2) is 5.22. The zero-order chi connectivity index (χ0) is 15.0. The molecule has 0 bridgehead atoms. The number of anilines is 1. The number of rotatable bonds is 2. The molecule has 0 aliphatic rings. The Labute approximate surface area is 126 Å². The van der Waals surface area contributed by atoms with Crippen LogP contribution in [0.25, 0.3) is 22.5 Å². The Balaban J connectivity index is 2.24. The second-order valence-corrected chi connectivity index (χ2v) is 5.12. The van der Waals surface area contributed by atoms with Gasteiger partial charge in [0.1, 0.15) is 5.82 Å². The van der Waals surface area contributed by atoms with Crippen LogP contribution in [0.3, 0.4) is 0 Å². The number of aromatic nitrogens is 1. The van der Waals surface area contributed by atoms with E-state index < -0.39 is 5.82 Å². The van der Waals surface area contributed by atoms with Gasteiger partial charge in [-0.05, 0) is 24.6 Å². The van der Waals surface area contributed by atoms with Gasteiger partial charge >= 0.3 is 0 Å². The zero-order valence-corrected chi connectivity index (χ0v) is 12.0. The molecule has 0 aliphatic carbocycles. The average Bonchev–Trinajstić information content (AvgIpc) is 2.83. The van der Waals surface area contributed by atoms with Crippen LogP contribution in [-0.2, 0) is 0 Å². The van der Waals surface area contributed by atoms with Gasteiger partial charge in [-0.15, -0.1) is 0 Å². The Morgan fingerprint density at radius 3 is 2.71 bits per heavy atom. The monoisotopic (exact) mass is 302 g/mol. The van der Waals surface area contributed by atoms with E-state index >= 15 is 0 Å². The van der Waals surface area contributed by atoms with Gasteiger partial charge in [-0.2, -0.15) is 0 Å². The van der Waals surface area contributed by atoms with Crippen molar-refractivity contribution in [3.63, 3.8) is 0 Å². The van der Waals surface area contributed by atoms with Gasteiger partial charge in [-0.1, -0.05) is 52.7 Å². The summed E-state index contributed by atoms with van der Waals surface area (Å²) in [6, 6.07) is 12.3. The second-order valence-electron chi connectivity index (χ2n) is 4.74. The van der Waals surface area contributed by atoms with E-state index in [1.165, 1.54) is 6.07 Å². The van der Waals surface area contributed by atoms with Crippen molar-refractivity contribution >= 4 is 17.4 Å². The van der Waals surface area contributed by atoms with E-state index in [0.717, 1.165) is 11.1 Å². The normalized spacial score (nSPS) is 10.8. The molecule has 3 nitrogen and oxygen atoms in total. The summed E-state index contributed by atoms with van der Waals surface area (Å²) in [7, 11) is 0. The molecule has 1 aromatic heterocycles. The number of hydrogen-bond donors (Lipinski definition) is 1. The highest BCUT2D eigenvalue weighted by Crippen LogP contribution is 2.40. The summed E-state index contributed by atoms with van der Waals surface area (Å²) in [5, 5.41) is 3.78. The van der Waals surface area contributed by atoms with Gasteiger partial charge in [0, 0.05) is 5.56 Å². The van der Waals surface area contributed by atoms with Gasteiger partial charge in [-0.25, -0.2) is 4.39 Å². The molecule has 0 saturated heterocycles. The lowest BCUT2D eigenvalue weighted by Gasteiger charge is -2.06. The SMILES string of the molecule is Cc1cccc(-c2c(N)noc2-c2cccc(F)c2Cl)c1. The molecular formula is C16H12ClFN2O. The average molecular weight is 303 g/mol. The van der Waals surface area contributed by atoms with Crippen molar-refractivity contribution in [2.24, 2.45) is 0 Å². The first-order chi connectivity index (χ1) is 10.1. The van der Waals surface area contributed by atoms with Crippen LogP contribution in [-0.4, -0.2) is 5.16 Å². The standard InChI is InChI=1S/C16H12ClFN2O/c1-9-4-2-5-10(8-9)13-15(21-20-16(13)19)11-6-3-7-12(18)14(11)17/h2-8H,1H3,(H2,19,20). The van der Waals surface area contributed by atoms with Crippen LogP contribution in [0.4, 0.5) is 10.2 Å². The maximum absolute atomic E-state index is 13.6. The van der Waals surface area contributed by atoms with Gasteiger partial charge in [-0.3, -0.25) is 0 Å². The molecule has 0 atom stereocenters. The summed E-state index contributed by atoms with van der Waals surface area (Å²) in [5.74, 6) is 0.0952. The molecule has 5 heteroatoms. The summed E-state index contributed by atoms with van der Waals surface area (Å²) in [6.07, 6.45) is 0. The molecule has 0 saturated carbocycles. The molecule has 0 radical (unpaired) electrons. The number of benzene rings is 2. The molecule has 0 spiro atoms. The first-order valence-electron chi connectivity index (χ1n) is 6.34. The fourth-order valence-electron chi connectivity index (χ4n) is 2.24. The smallest absolute Gasteiger partial charge is 0.178 e. The summed E-state index contributed by atoms with van der Waals surface area (Å²) >= 11 is 6.02. The van der Waals surface area contributed by atoms with Crippen LogP contribution in [0.5, 0.6) is 0 Å². The molecule has 1 heterocycles. The van der Waals surface area contributed by atoms with E-state index in [9.17, 15) is 4.39 Å². The van der Waals surface area contributed by atoms with Crippen molar-refractivity contribution in [2.75, 3.05) is 5.73 Å². The maximum atomic E-state index is 13.6. The molecule has 3 aromatic rings. The van der Waals surface area contributed by atoms with Gasteiger partial charge in [0.05, 0.1) is 10.6 Å². The minimum Gasteiger partial charge on any atom is -0.380 e. The Morgan fingerprint density at radius 1 is 1.19 bits per heavy atom. The Bertz CT molecular complexity index is 814. The Morgan fingerprint density at radius 2 is 1.95 bits per heavy atom. The Kier molecular flexibility index (Phi) is 3.39. The lowest BCUT2D eigenvalue weighted by atomic mass is 10.00. The molecule has 3 rings (SSSR count). The van der Waals surface area contributed by atoms with Crippen LogP contribution < -0.4 is 5.73 Å². The van der Waals surface area contributed by atoms with E-state index in [0.29, 0.717) is 16.9 Å². The third kappa shape index (κ3) is 2.38. The lowest BCUT2D eigenvalue weighted by molar-refractivity contribution is 0.436. The lowest BCUT2D eigenvalue weighted by Crippen LogP contribution is -1.90. The van der Waals surface area contributed by atoms with Gasteiger partial charge < -0.3 is 10.3 Å². The fraction of sp³-hybridized carbons (Fsp3) is 0.0625. The predicted octanol–water partition coefficient (Wildman–Crippen LogP) is 4.69. The largest absolute Gasteiger partial charge is 0.380 e. The van der Waals surface area contributed by atoms with Crippen molar-refractivity contribution in [2.45, 2.75) is 6.92 Å². The topological polar surface area (TPSA) is 52.0 Å². The molecular weight excluding hydrogens is 291 g/mol. The van der Waals surface area contributed by atoms with Gasteiger partial charge in [0.15, 0.2) is 11.6 Å². The number of halogens is 2. The van der Waals surface area contributed by atoms with E-state index in [1.54, 1.807) is 12.1 Å². The van der Waals surface area contributed by atoms with Gasteiger partial charge in [0.2, 0.25) is 0 Å². The van der Waals surface area contributed by atoms with Crippen molar-refractivity contribution in [3.05, 3.63) is 58.9 Å². The molecule has 0 fully saturated rings. The molecule has 2 aromatic carbocycles. The number of hydrogen-bond acceptors (Lipinski definition) is 3. The fourth-order valence-corrected chi connectivity index (χ4v) is 2.46. The number of nitrogens with two attached hydrogens (primary N) is 1. The molecule has 21 heavy (non-hydrogen) atoms. The minimum atomic E-state index is -0.515. The summed E-state index contributed by atoms with van der Waals surface area (Å²) < 4.78 is 18.9. The first-order valence-corrected chi connectivity index (χ1v) is 6.72. The van der Waals surface area contributed by atoms with Crippen LogP contribution in [0.2, 0.25) is 5.02 Å². The highest BCUT2D eigenvalue weighted by atomic mass is 35.5. The highest BCUT2D eigenvalue weighted by Gasteiger charge is 2.21. The predicted molar refractivity (Wildman–Crippen MR) is 81.5 cm³/mol. The van der Waals surface area contributed by atoms with E-state index in [2.05, 4.69) is 5.16 Å². The van der Waals surface area contributed by atoms with Crippen molar-refractivity contribution in [1.29, 1.82) is 0 Å². The van der Waals surface area contributed by atoms with Crippen molar-refractivity contribution < 1.29 is 8.91 Å². The summed E-state index contributed by atoms with van der Waals surface area (Å²) in [4.78, 5) is 0. The highest BCUT2D eigenvalue weighted by molar-refractivity contribution is 6.33. The van der Waals surface area contributed by atoms with E-state index in [-0.39, 0.29) is 10.8 Å². The third-order valence-corrected chi connectivity index (χ3v) is 3.61. The Hall–Kier alpha value is -2.33. The number of nitrogen functional groups attached to an aromatic ring is 1. The summed E-state index contributed by atoms with van der Waals surface area (Å²) in [5.41, 5.74) is 8.88. The van der Waals surface area contributed by atoms with Gasteiger partial charge in [0.25, 0.3) is 0 Å². The third-order valence-electron chi connectivity index (χ3n) is 3.22. The molecule has 0 amide bonds. The molecule has 106 valence electrons. The van der Waals surface area contributed by atoms with Crippen LogP contribution in [0.15, 0.2) is 47.0 Å². The van der Waals surface area contributed by atoms with Crippen LogP contribution in [0, 0.1) is 12.7 Å². The van der Waals surface area contributed by atoms with E-state index in [4.69, 9.17) is 21.9 Å². The zero-order valence-electron chi connectivity index (χ0n) is 11.2. The molecule has 0 unspecified atom stereocenters. The quantitative estimate of drug-likeness (QED) is 0.747. The first kappa shape index (κ1) is 13.6. The number of nitrogens with zero attached hydrogens (tertiary/aromatic N) is 1. The van der Waals surface area contributed by atoms with Crippen molar-refractivity contribution in [1.82, 2.24) is 5.16 Å². The summed E-state index contributed by atoms with van der Waals surface area (Å²) in [6.45, 7) is 1.97. The van der Waals surface area contributed by atoms with Crippen molar-refractivity contribution in [3.8, 4) is 22.5 Å². The maximum Gasteiger partial charge on any atom is 0.178 e. The number of aryl methyl sites for hydroxylation is 1. The van der Waals surface area contributed by atoms with Crippen LogP contribution in [0.1, 0.15) is 5.56 Å². The van der Waals surface area contributed by atoms with Crippen LogP contribution >= 0.6 is 11.6 Å². The minimum absolute atomic E-state index is 0.0115. The van der Waals surface area contributed by atoms with E-state index in [1.807, 2.05) is 31.2 Å².